The maximum absolute atomic E-state index is 13.9. The fourth-order valence-electron chi connectivity index (χ4n) is 3.76. The molecule has 176 valence electrons. The molecular formula is C20H20ClF3N6O2S. The van der Waals surface area contributed by atoms with E-state index < -0.39 is 26.8 Å². The molecule has 0 amide bonds. The lowest BCUT2D eigenvalue weighted by Gasteiger charge is -2.23. The van der Waals surface area contributed by atoms with E-state index in [-0.39, 0.29) is 38.6 Å². The third-order valence-corrected chi connectivity index (χ3v) is 7.93. The second kappa shape index (κ2) is 8.84. The first kappa shape index (κ1) is 23.3. The average Bonchev–Trinajstić information content (AvgIpc) is 3.18. The Labute approximate surface area is 192 Å². The van der Waals surface area contributed by atoms with Crippen molar-refractivity contribution < 1.29 is 21.6 Å². The molecule has 3 aromatic rings. The largest absolute Gasteiger partial charge is 0.417 e. The number of nitrogens with two attached hydrogens (primary N) is 1. The highest BCUT2D eigenvalue weighted by Gasteiger charge is 2.36. The van der Waals surface area contributed by atoms with E-state index in [1.807, 2.05) is 0 Å². The normalized spacial score (nSPS) is 15.5. The monoisotopic (exact) mass is 500 g/mol. The van der Waals surface area contributed by atoms with Crippen LogP contribution in [0.2, 0.25) is 5.02 Å². The fraction of sp³-hybridized carbons (Fsp3) is 0.300. The predicted molar refractivity (Wildman–Crippen MR) is 119 cm³/mol. The smallest absolute Gasteiger partial charge is 0.368 e. The number of piperidine rings is 1. The highest BCUT2D eigenvalue weighted by Crippen LogP contribution is 2.43. The number of sulfone groups is 1. The standard InChI is InChI=1S/C20H20ClF3N6O2S/c21-16-10-12(27-19-28-18(25)29-30-19)9-15(20(22,23)24)17(16)11-1-3-13(4-2-11)33(31,32)14-5-7-26-8-6-14/h1-4,9-10,14,26H,5-8H2,(H4,25,27,28,29,30). The summed E-state index contributed by atoms with van der Waals surface area (Å²) in [4.78, 5) is 3.87. The van der Waals surface area contributed by atoms with Gasteiger partial charge in [0.1, 0.15) is 0 Å². The van der Waals surface area contributed by atoms with Crippen LogP contribution in [-0.4, -0.2) is 41.9 Å². The number of rotatable bonds is 5. The van der Waals surface area contributed by atoms with Crippen LogP contribution in [0.5, 0.6) is 0 Å². The number of hydrogen-bond acceptors (Lipinski definition) is 7. The molecule has 2 aromatic carbocycles. The summed E-state index contributed by atoms with van der Waals surface area (Å²) in [5, 5.41) is 11.1. The zero-order valence-electron chi connectivity index (χ0n) is 17.1. The third kappa shape index (κ3) is 4.92. The lowest BCUT2D eigenvalue weighted by molar-refractivity contribution is -0.137. The summed E-state index contributed by atoms with van der Waals surface area (Å²) < 4.78 is 67.5. The highest BCUT2D eigenvalue weighted by atomic mass is 35.5. The van der Waals surface area contributed by atoms with E-state index in [9.17, 15) is 21.6 Å². The van der Waals surface area contributed by atoms with Crippen LogP contribution in [0.25, 0.3) is 11.1 Å². The van der Waals surface area contributed by atoms with Crippen molar-refractivity contribution >= 4 is 39.0 Å². The number of anilines is 3. The Morgan fingerprint density at radius 2 is 1.79 bits per heavy atom. The van der Waals surface area contributed by atoms with Gasteiger partial charge in [-0.1, -0.05) is 23.7 Å². The van der Waals surface area contributed by atoms with Crippen LogP contribution in [0.1, 0.15) is 18.4 Å². The molecule has 0 atom stereocenters. The van der Waals surface area contributed by atoms with Crippen molar-refractivity contribution in [2.45, 2.75) is 29.2 Å². The first-order chi connectivity index (χ1) is 15.6. The Hall–Kier alpha value is -2.83. The molecule has 0 saturated carbocycles. The molecule has 1 aliphatic heterocycles. The predicted octanol–water partition coefficient (Wildman–Crippen LogP) is 4.00. The molecule has 1 fully saturated rings. The van der Waals surface area contributed by atoms with Crippen molar-refractivity contribution in [3.63, 3.8) is 0 Å². The third-order valence-electron chi connectivity index (χ3n) is 5.35. The summed E-state index contributed by atoms with van der Waals surface area (Å²) in [7, 11) is -3.58. The number of aromatic nitrogens is 3. The van der Waals surface area contributed by atoms with Gasteiger partial charge in [0.25, 0.3) is 0 Å². The molecule has 0 radical (unpaired) electrons. The molecule has 13 heteroatoms. The van der Waals surface area contributed by atoms with Crippen molar-refractivity contribution in [3.05, 3.63) is 47.0 Å². The lowest BCUT2D eigenvalue weighted by atomic mass is 9.98. The van der Waals surface area contributed by atoms with Crippen molar-refractivity contribution in [1.82, 2.24) is 20.5 Å². The molecule has 0 spiro atoms. The molecule has 5 N–H and O–H groups in total. The van der Waals surface area contributed by atoms with Crippen LogP contribution in [0.3, 0.4) is 0 Å². The van der Waals surface area contributed by atoms with E-state index in [2.05, 4.69) is 25.8 Å². The molecule has 1 aromatic heterocycles. The molecule has 0 aliphatic carbocycles. The Morgan fingerprint density at radius 1 is 1.12 bits per heavy atom. The van der Waals surface area contributed by atoms with Gasteiger partial charge in [0.15, 0.2) is 9.84 Å². The van der Waals surface area contributed by atoms with E-state index in [4.69, 9.17) is 17.3 Å². The number of alkyl halides is 3. The first-order valence-electron chi connectivity index (χ1n) is 9.96. The van der Waals surface area contributed by atoms with Gasteiger partial charge >= 0.3 is 6.18 Å². The maximum atomic E-state index is 13.9. The van der Waals surface area contributed by atoms with E-state index in [1.165, 1.54) is 30.3 Å². The van der Waals surface area contributed by atoms with Gasteiger partial charge in [-0.15, -0.1) is 5.10 Å². The van der Waals surface area contributed by atoms with E-state index >= 15 is 0 Å². The summed E-state index contributed by atoms with van der Waals surface area (Å²) in [6.45, 7) is 1.21. The fourth-order valence-corrected chi connectivity index (χ4v) is 5.85. The van der Waals surface area contributed by atoms with Gasteiger partial charge < -0.3 is 16.4 Å². The summed E-state index contributed by atoms with van der Waals surface area (Å²) in [5.41, 5.74) is 4.34. The Morgan fingerprint density at radius 3 is 2.36 bits per heavy atom. The zero-order valence-corrected chi connectivity index (χ0v) is 18.7. The Bertz CT molecular complexity index is 1260. The minimum atomic E-state index is -4.73. The summed E-state index contributed by atoms with van der Waals surface area (Å²) >= 11 is 6.26. The summed E-state index contributed by atoms with van der Waals surface area (Å²) in [6, 6.07) is 7.52. The van der Waals surface area contributed by atoms with Crippen LogP contribution in [-0.2, 0) is 16.0 Å². The van der Waals surface area contributed by atoms with Gasteiger partial charge in [0, 0.05) is 11.3 Å². The number of aromatic amines is 1. The Balaban J connectivity index is 1.70. The van der Waals surface area contributed by atoms with Crippen LogP contribution >= 0.6 is 11.6 Å². The van der Waals surface area contributed by atoms with Gasteiger partial charge in [-0.25, -0.2) is 13.5 Å². The molecule has 2 heterocycles. The van der Waals surface area contributed by atoms with Gasteiger partial charge in [-0.2, -0.15) is 18.2 Å². The molecule has 1 saturated heterocycles. The van der Waals surface area contributed by atoms with Crippen LogP contribution < -0.4 is 16.4 Å². The van der Waals surface area contributed by atoms with Crippen molar-refractivity contribution in [2.24, 2.45) is 0 Å². The van der Waals surface area contributed by atoms with E-state index in [0.717, 1.165) is 6.07 Å². The van der Waals surface area contributed by atoms with E-state index in [0.29, 0.717) is 25.9 Å². The van der Waals surface area contributed by atoms with Gasteiger partial charge in [-0.3, -0.25) is 0 Å². The number of nitrogens with zero attached hydrogens (tertiary/aromatic N) is 2. The second-order valence-electron chi connectivity index (χ2n) is 7.57. The molecule has 33 heavy (non-hydrogen) atoms. The second-order valence-corrected chi connectivity index (χ2v) is 10.2. The SMILES string of the molecule is Nc1nc(Nc2cc(Cl)c(-c3ccc(S(=O)(=O)C4CCNCC4)cc3)c(C(F)(F)F)c2)n[nH]1. The minimum Gasteiger partial charge on any atom is -0.368 e. The molecule has 0 unspecified atom stereocenters. The summed E-state index contributed by atoms with van der Waals surface area (Å²) in [5.74, 6) is -0.0206. The molecule has 1 aliphatic rings. The van der Waals surface area contributed by atoms with Gasteiger partial charge in [-0.05, 0) is 55.8 Å². The van der Waals surface area contributed by atoms with E-state index in [1.54, 1.807) is 0 Å². The zero-order chi connectivity index (χ0) is 23.8. The van der Waals surface area contributed by atoms with Crippen LogP contribution in [0, 0.1) is 0 Å². The lowest BCUT2D eigenvalue weighted by Crippen LogP contribution is -2.35. The molecular weight excluding hydrogens is 481 g/mol. The quantitative estimate of drug-likeness (QED) is 0.417. The number of H-pyrrole nitrogens is 1. The van der Waals surface area contributed by atoms with Crippen molar-refractivity contribution in [2.75, 3.05) is 24.1 Å². The number of nitrogen functional groups attached to an aromatic ring is 1. The number of hydrogen-bond donors (Lipinski definition) is 4. The minimum absolute atomic E-state index is 0.00389. The summed E-state index contributed by atoms with van der Waals surface area (Å²) in [6.07, 6.45) is -3.76. The molecule has 8 nitrogen and oxygen atoms in total. The Kier molecular flexibility index (Phi) is 6.25. The number of nitrogens with one attached hydrogen (secondary N) is 3. The average molecular weight is 501 g/mol. The first-order valence-corrected chi connectivity index (χ1v) is 11.9. The van der Waals surface area contributed by atoms with Crippen molar-refractivity contribution in [1.29, 1.82) is 0 Å². The highest BCUT2D eigenvalue weighted by molar-refractivity contribution is 7.92. The number of benzene rings is 2. The topological polar surface area (TPSA) is 126 Å². The molecule has 0 bridgehead atoms. The molecule has 4 rings (SSSR count). The van der Waals surface area contributed by atoms with Gasteiger partial charge in [0.05, 0.1) is 20.7 Å². The maximum Gasteiger partial charge on any atom is 0.417 e. The van der Waals surface area contributed by atoms with Crippen LogP contribution in [0.15, 0.2) is 41.3 Å². The van der Waals surface area contributed by atoms with Gasteiger partial charge in [0.2, 0.25) is 11.9 Å². The number of halogens is 4. The van der Waals surface area contributed by atoms with Crippen molar-refractivity contribution in [3.8, 4) is 11.1 Å². The van der Waals surface area contributed by atoms with Crippen LogP contribution in [0.4, 0.5) is 30.8 Å².